The first-order chi connectivity index (χ1) is 12.4. The van der Waals surface area contributed by atoms with E-state index in [1.54, 1.807) is 0 Å². The van der Waals surface area contributed by atoms with Crippen LogP contribution in [-0.2, 0) is 11.2 Å². The van der Waals surface area contributed by atoms with Gasteiger partial charge in [0, 0.05) is 12.1 Å². The van der Waals surface area contributed by atoms with Crippen LogP contribution in [0.4, 0.5) is 4.79 Å². The predicted octanol–water partition coefficient (Wildman–Crippen LogP) is 1.14. The fourth-order valence-electron chi connectivity index (χ4n) is 3.37. The number of urea groups is 1. The van der Waals surface area contributed by atoms with Crippen LogP contribution in [0.1, 0.15) is 30.9 Å². The molecule has 26 heavy (non-hydrogen) atoms. The smallest absolute Gasteiger partial charge is 0.317 e. The Morgan fingerprint density at radius 1 is 1.35 bits per heavy atom. The van der Waals surface area contributed by atoms with Crippen LogP contribution < -0.4 is 10.6 Å². The average Bonchev–Trinajstić information content (AvgIpc) is 2.55. The lowest BCUT2D eigenvalue weighted by Gasteiger charge is -2.42. The molecule has 144 valence electrons. The zero-order chi connectivity index (χ0) is 19.1. The molecule has 1 aliphatic rings. The molecule has 0 aromatic heterocycles. The molecule has 0 aliphatic heterocycles. The second-order valence-corrected chi connectivity index (χ2v) is 6.97. The van der Waals surface area contributed by atoms with Crippen LogP contribution in [0, 0.1) is 6.92 Å². The molecule has 2 amide bonds. The number of carboxylic acids is 1. The number of hydrogen-bond donors (Lipinski definition) is 4. The standard InChI is InChI=1S/C19H29N3O4/c1-3-22(11-18(24)25)17-9-15(10-17)20-19(26)21-16(12-23)8-14-6-4-5-13(2)7-14/h4-7,15-17,23H,3,8-12H2,1-2H3,(H,24,25)(H2,20,21,26). The molecule has 0 radical (unpaired) electrons. The van der Waals surface area contributed by atoms with Gasteiger partial charge in [0.05, 0.1) is 19.2 Å². The maximum Gasteiger partial charge on any atom is 0.317 e. The molecular formula is C19H29N3O4. The van der Waals surface area contributed by atoms with Gasteiger partial charge in [-0.15, -0.1) is 0 Å². The number of aryl methyl sites for hydroxylation is 1. The summed E-state index contributed by atoms with van der Waals surface area (Å²) < 4.78 is 0. The molecule has 1 aromatic rings. The first-order valence-electron chi connectivity index (χ1n) is 9.10. The summed E-state index contributed by atoms with van der Waals surface area (Å²) in [5, 5.41) is 24.2. The number of aliphatic hydroxyl groups excluding tert-OH is 1. The zero-order valence-corrected chi connectivity index (χ0v) is 15.4. The van der Waals surface area contributed by atoms with E-state index in [4.69, 9.17) is 5.11 Å². The molecular weight excluding hydrogens is 334 g/mol. The van der Waals surface area contributed by atoms with Gasteiger partial charge in [-0.3, -0.25) is 9.69 Å². The van der Waals surface area contributed by atoms with Crippen molar-refractivity contribution in [1.82, 2.24) is 15.5 Å². The molecule has 7 heteroatoms. The van der Waals surface area contributed by atoms with Gasteiger partial charge in [-0.2, -0.15) is 0 Å². The van der Waals surface area contributed by atoms with Gasteiger partial charge in [0.15, 0.2) is 0 Å². The molecule has 1 unspecified atom stereocenters. The number of aliphatic carboxylic acids is 1. The summed E-state index contributed by atoms with van der Waals surface area (Å²) in [4.78, 5) is 24.9. The molecule has 0 spiro atoms. The first-order valence-corrected chi connectivity index (χ1v) is 9.10. The normalized spacial score (nSPS) is 20.3. The van der Waals surface area contributed by atoms with Crippen molar-refractivity contribution < 1.29 is 19.8 Å². The van der Waals surface area contributed by atoms with Crippen LogP contribution in [0.25, 0.3) is 0 Å². The summed E-state index contributed by atoms with van der Waals surface area (Å²) >= 11 is 0. The minimum Gasteiger partial charge on any atom is -0.480 e. The van der Waals surface area contributed by atoms with Crippen LogP contribution in [-0.4, -0.2) is 64.9 Å². The van der Waals surface area contributed by atoms with E-state index in [0.717, 1.165) is 24.0 Å². The SMILES string of the molecule is CCN(CC(=O)O)C1CC(NC(=O)NC(CO)Cc2cccc(C)c2)C1. The Morgan fingerprint density at radius 2 is 2.08 bits per heavy atom. The van der Waals surface area contributed by atoms with E-state index in [1.807, 2.05) is 43.0 Å². The Kier molecular flexibility index (Phi) is 7.41. The molecule has 1 fully saturated rings. The van der Waals surface area contributed by atoms with Crippen molar-refractivity contribution >= 4 is 12.0 Å². The van der Waals surface area contributed by atoms with Gasteiger partial charge in [-0.25, -0.2) is 4.79 Å². The molecule has 1 atom stereocenters. The number of nitrogens with zero attached hydrogens (tertiary/aromatic N) is 1. The fraction of sp³-hybridized carbons (Fsp3) is 0.579. The average molecular weight is 363 g/mol. The maximum atomic E-state index is 12.2. The first kappa shape index (κ1) is 20.2. The predicted molar refractivity (Wildman–Crippen MR) is 99.1 cm³/mol. The van der Waals surface area contributed by atoms with Crippen LogP contribution in [0.15, 0.2) is 24.3 Å². The Balaban J connectivity index is 1.75. The van der Waals surface area contributed by atoms with E-state index in [2.05, 4.69) is 10.6 Å². The topological polar surface area (TPSA) is 102 Å². The number of rotatable bonds is 9. The summed E-state index contributed by atoms with van der Waals surface area (Å²) in [6, 6.07) is 7.60. The van der Waals surface area contributed by atoms with Gasteiger partial charge in [0.1, 0.15) is 0 Å². The van der Waals surface area contributed by atoms with Crippen molar-refractivity contribution in [3.8, 4) is 0 Å². The zero-order valence-electron chi connectivity index (χ0n) is 15.4. The lowest BCUT2D eigenvalue weighted by molar-refractivity contribution is -0.139. The fourth-order valence-corrected chi connectivity index (χ4v) is 3.37. The van der Waals surface area contributed by atoms with Crippen LogP contribution in [0.3, 0.4) is 0 Å². The van der Waals surface area contributed by atoms with Gasteiger partial charge in [0.2, 0.25) is 0 Å². The highest BCUT2D eigenvalue weighted by Crippen LogP contribution is 2.25. The Morgan fingerprint density at radius 3 is 2.65 bits per heavy atom. The van der Waals surface area contributed by atoms with E-state index in [9.17, 15) is 14.7 Å². The number of carboxylic acid groups (broad SMARTS) is 1. The lowest BCUT2D eigenvalue weighted by Crippen LogP contribution is -2.57. The molecule has 0 heterocycles. The molecule has 0 saturated heterocycles. The monoisotopic (exact) mass is 363 g/mol. The number of nitrogens with one attached hydrogen (secondary N) is 2. The Bertz CT molecular complexity index is 617. The summed E-state index contributed by atoms with van der Waals surface area (Å²) in [5.74, 6) is -0.831. The van der Waals surface area contributed by atoms with Gasteiger partial charge in [0.25, 0.3) is 0 Å². The summed E-state index contributed by atoms with van der Waals surface area (Å²) in [7, 11) is 0. The summed E-state index contributed by atoms with van der Waals surface area (Å²) in [6.45, 7) is 4.53. The minimum absolute atomic E-state index is 0.0309. The second-order valence-electron chi connectivity index (χ2n) is 6.97. The van der Waals surface area contributed by atoms with Crippen LogP contribution in [0.5, 0.6) is 0 Å². The van der Waals surface area contributed by atoms with Crippen molar-refractivity contribution in [3.05, 3.63) is 35.4 Å². The minimum atomic E-state index is -0.831. The summed E-state index contributed by atoms with van der Waals surface area (Å²) in [5.41, 5.74) is 2.21. The highest BCUT2D eigenvalue weighted by Gasteiger charge is 2.34. The lowest BCUT2D eigenvalue weighted by atomic mass is 9.85. The third kappa shape index (κ3) is 6.00. The van der Waals surface area contributed by atoms with E-state index in [0.29, 0.717) is 13.0 Å². The molecule has 0 bridgehead atoms. The second kappa shape index (κ2) is 9.54. The number of amides is 2. The van der Waals surface area contributed by atoms with Gasteiger partial charge >= 0.3 is 12.0 Å². The molecule has 4 N–H and O–H groups in total. The van der Waals surface area contributed by atoms with Gasteiger partial charge < -0.3 is 20.8 Å². The van der Waals surface area contributed by atoms with E-state index in [-0.39, 0.29) is 37.3 Å². The quantitative estimate of drug-likeness (QED) is 0.527. The van der Waals surface area contributed by atoms with Crippen molar-refractivity contribution in [2.24, 2.45) is 0 Å². The number of likely N-dealkylation sites (N-methyl/N-ethyl adjacent to an activating group) is 1. The van der Waals surface area contributed by atoms with Crippen molar-refractivity contribution in [2.45, 2.75) is 51.2 Å². The largest absolute Gasteiger partial charge is 0.480 e. The Labute approximate surface area is 154 Å². The van der Waals surface area contributed by atoms with E-state index >= 15 is 0 Å². The van der Waals surface area contributed by atoms with Crippen LogP contribution in [0.2, 0.25) is 0 Å². The number of carbonyl (C=O) groups is 2. The number of carbonyl (C=O) groups excluding carboxylic acids is 1. The third-order valence-electron chi connectivity index (χ3n) is 4.83. The van der Waals surface area contributed by atoms with Crippen molar-refractivity contribution in [1.29, 1.82) is 0 Å². The number of hydrogen-bond acceptors (Lipinski definition) is 4. The molecule has 7 nitrogen and oxygen atoms in total. The molecule has 1 aliphatic carbocycles. The van der Waals surface area contributed by atoms with Crippen molar-refractivity contribution in [2.75, 3.05) is 19.7 Å². The van der Waals surface area contributed by atoms with Crippen LogP contribution >= 0.6 is 0 Å². The van der Waals surface area contributed by atoms with Gasteiger partial charge in [-0.05, 0) is 38.3 Å². The maximum absolute atomic E-state index is 12.2. The highest BCUT2D eigenvalue weighted by molar-refractivity contribution is 5.74. The highest BCUT2D eigenvalue weighted by atomic mass is 16.4. The molecule has 2 rings (SSSR count). The Hall–Kier alpha value is -2.12. The third-order valence-corrected chi connectivity index (χ3v) is 4.83. The molecule has 1 saturated carbocycles. The van der Waals surface area contributed by atoms with Crippen molar-refractivity contribution in [3.63, 3.8) is 0 Å². The number of benzene rings is 1. The van der Waals surface area contributed by atoms with E-state index in [1.165, 1.54) is 0 Å². The number of aliphatic hydroxyl groups is 1. The van der Waals surface area contributed by atoms with E-state index < -0.39 is 5.97 Å². The van der Waals surface area contributed by atoms with Gasteiger partial charge in [-0.1, -0.05) is 36.8 Å². The molecule has 1 aromatic carbocycles. The summed E-state index contributed by atoms with van der Waals surface area (Å²) in [6.07, 6.45) is 2.06.